The highest BCUT2D eigenvalue weighted by Gasteiger charge is 2.62. The fraction of sp³-hybridized carbons (Fsp3) is 0.367. The summed E-state index contributed by atoms with van der Waals surface area (Å²) in [5.74, 6) is -2.90. The standard InChI is InChI=1S/C30H31F2N7O3/c1-15(39-25(29(33)41)6-7-35-39)8-18-12-30(18)14-42-26-11-23(32)22(31)9-20(26)21(30)10-27(40)36-19-4-5-24(34-13-19)28-16(2)37-38-17(28)3/h4-7,9,11,13,15,18,21H,8,10,12,14H2,1-3H3,(H2,33,41)(H,36,40)(H,37,38). The Morgan fingerprint density at radius 1 is 1.24 bits per heavy atom. The Morgan fingerprint density at radius 3 is 2.71 bits per heavy atom. The van der Waals surface area contributed by atoms with Gasteiger partial charge in [-0.25, -0.2) is 8.78 Å². The van der Waals surface area contributed by atoms with Crippen molar-refractivity contribution < 1.29 is 23.1 Å². The van der Waals surface area contributed by atoms with Crippen LogP contribution in [0.5, 0.6) is 5.75 Å². The number of hydrogen-bond donors (Lipinski definition) is 3. The Balaban J connectivity index is 1.22. The zero-order chi connectivity index (χ0) is 29.8. The van der Waals surface area contributed by atoms with Crippen molar-refractivity contribution in [3.8, 4) is 17.0 Å². The van der Waals surface area contributed by atoms with Crippen LogP contribution < -0.4 is 15.8 Å². The molecule has 3 aromatic heterocycles. The van der Waals surface area contributed by atoms with Crippen molar-refractivity contribution in [2.75, 3.05) is 11.9 Å². The zero-order valence-corrected chi connectivity index (χ0v) is 23.4. The highest BCUT2D eigenvalue weighted by Crippen LogP contribution is 2.67. The number of amides is 2. The van der Waals surface area contributed by atoms with Crippen LogP contribution in [0.1, 0.15) is 65.6 Å². The van der Waals surface area contributed by atoms with Gasteiger partial charge in [0.25, 0.3) is 5.91 Å². The predicted molar refractivity (Wildman–Crippen MR) is 150 cm³/mol. The smallest absolute Gasteiger partial charge is 0.266 e. The Bertz CT molecular complexity index is 1660. The first-order valence-electron chi connectivity index (χ1n) is 13.8. The van der Waals surface area contributed by atoms with E-state index >= 15 is 0 Å². The van der Waals surface area contributed by atoms with Crippen LogP contribution in [0.3, 0.4) is 0 Å². The van der Waals surface area contributed by atoms with Gasteiger partial charge in [0.2, 0.25) is 5.91 Å². The zero-order valence-electron chi connectivity index (χ0n) is 23.4. The largest absolute Gasteiger partial charge is 0.493 e. The number of primary amides is 1. The molecule has 0 bridgehead atoms. The van der Waals surface area contributed by atoms with Crippen LogP contribution in [-0.4, -0.2) is 43.4 Å². The summed E-state index contributed by atoms with van der Waals surface area (Å²) < 4.78 is 36.1. The number of nitrogens with one attached hydrogen (secondary N) is 2. The molecule has 1 aliphatic carbocycles. The lowest BCUT2D eigenvalue weighted by Crippen LogP contribution is -2.33. The number of nitrogens with zero attached hydrogens (tertiary/aromatic N) is 4. The van der Waals surface area contributed by atoms with E-state index in [1.807, 2.05) is 26.8 Å². The first kappa shape index (κ1) is 27.6. The van der Waals surface area contributed by atoms with Crippen LogP contribution in [0.15, 0.2) is 42.7 Å². The highest BCUT2D eigenvalue weighted by atomic mass is 19.2. The second kappa shape index (κ2) is 10.3. The molecule has 2 amide bonds. The number of aryl methyl sites for hydroxylation is 2. The number of aromatic nitrogens is 5. The Morgan fingerprint density at radius 2 is 2.02 bits per heavy atom. The molecule has 2 aliphatic rings. The first-order valence-corrected chi connectivity index (χ1v) is 13.8. The molecule has 1 saturated carbocycles. The number of rotatable bonds is 8. The first-order chi connectivity index (χ1) is 20.1. The quantitative estimate of drug-likeness (QED) is 0.275. The number of nitrogens with two attached hydrogens (primary N) is 1. The molecule has 1 aromatic carbocycles. The van der Waals surface area contributed by atoms with Crippen molar-refractivity contribution in [3.63, 3.8) is 0 Å². The van der Waals surface area contributed by atoms with Crippen LogP contribution in [0.2, 0.25) is 0 Å². The van der Waals surface area contributed by atoms with Gasteiger partial charge in [0.15, 0.2) is 11.6 Å². The third kappa shape index (κ3) is 4.80. The van der Waals surface area contributed by atoms with Crippen LogP contribution in [0, 0.1) is 36.8 Å². The van der Waals surface area contributed by atoms with Gasteiger partial charge in [-0.2, -0.15) is 10.2 Å². The van der Waals surface area contributed by atoms with Gasteiger partial charge < -0.3 is 15.8 Å². The number of aromatic amines is 1. The summed E-state index contributed by atoms with van der Waals surface area (Å²) in [6.45, 7) is 6.02. The maximum Gasteiger partial charge on any atom is 0.266 e. The molecular weight excluding hydrogens is 544 g/mol. The van der Waals surface area contributed by atoms with Crippen LogP contribution in [0.25, 0.3) is 11.3 Å². The molecule has 10 nitrogen and oxygen atoms in total. The molecule has 12 heteroatoms. The summed E-state index contributed by atoms with van der Waals surface area (Å²) in [6, 6.07) is 7.21. The van der Waals surface area contributed by atoms with E-state index in [0.717, 1.165) is 41.2 Å². The summed E-state index contributed by atoms with van der Waals surface area (Å²) in [4.78, 5) is 29.7. The summed E-state index contributed by atoms with van der Waals surface area (Å²) in [5, 5.41) is 14.3. The number of carbonyl (C=O) groups is 2. The number of halogens is 2. The van der Waals surface area contributed by atoms with Gasteiger partial charge in [-0.3, -0.25) is 24.4 Å². The van der Waals surface area contributed by atoms with E-state index in [2.05, 4.69) is 25.6 Å². The number of ether oxygens (including phenoxy) is 1. The van der Waals surface area contributed by atoms with Gasteiger partial charge >= 0.3 is 0 Å². The third-order valence-corrected chi connectivity index (χ3v) is 8.68. The molecule has 6 rings (SSSR count). The number of fused-ring (bicyclic) bond motifs is 1. The van der Waals surface area contributed by atoms with Crippen molar-refractivity contribution in [2.45, 2.75) is 52.0 Å². The van der Waals surface area contributed by atoms with Crippen molar-refractivity contribution in [2.24, 2.45) is 17.1 Å². The maximum atomic E-state index is 14.5. The molecule has 4 heterocycles. The molecule has 0 saturated heterocycles. The van der Waals surface area contributed by atoms with E-state index in [1.54, 1.807) is 23.0 Å². The van der Waals surface area contributed by atoms with Crippen LogP contribution >= 0.6 is 0 Å². The third-order valence-electron chi connectivity index (χ3n) is 8.68. The Kier molecular flexibility index (Phi) is 6.78. The van der Waals surface area contributed by atoms with E-state index < -0.39 is 28.9 Å². The number of H-pyrrole nitrogens is 1. The van der Waals surface area contributed by atoms with Crippen molar-refractivity contribution >= 4 is 17.5 Å². The Labute approximate surface area is 240 Å². The normalized spacial score (nSPS) is 21.5. The summed E-state index contributed by atoms with van der Waals surface area (Å²) in [7, 11) is 0. The number of carbonyl (C=O) groups excluding carboxylic acids is 2. The lowest BCUT2D eigenvalue weighted by molar-refractivity contribution is -0.117. The SMILES string of the molecule is Cc1n[nH]c(C)c1-c1ccc(NC(=O)CC2c3cc(F)c(F)cc3OCC23CC3CC(C)n2nccc2C(N)=O)cn1. The average molecular weight is 576 g/mol. The van der Waals surface area contributed by atoms with Crippen molar-refractivity contribution in [1.82, 2.24) is 25.0 Å². The second-order valence-electron chi connectivity index (χ2n) is 11.4. The Hall–Kier alpha value is -4.61. The van der Waals surface area contributed by atoms with Gasteiger partial charge in [-0.05, 0) is 63.8 Å². The molecule has 1 fully saturated rings. The average Bonchev–Trinajstić information content (AvgIpc) is 3.24. The molecule has 1 spiro atoms. The number of hydrogen-bond acceptors (Lipinski definition) is 6. The fourth-order valence-electron chi connectivity index (χ4n) is 6.51. The van der Waals surface area contributed by atoms with Crippen LogP contribution in [0.4, 0.5) is 14.5 Å². The minimum Gasteiger partial charge on any atom is -0.493 e. The fourth-order valence-corrected chi connectivity index (χ4v) is 6.51. The monoisotopic (exact) mass is 575 g/mol. The van der Waals surface area contributed by atoms with Gasteiger partial charge in [-0.1, -0.05) is 0 Å². The molecule has 42 heavy (non-hydrogen) atoms. The lowest BCUT2D eigenvalue weighted by Gasteiger charge is -2.35. The summed E-state index contributed by atoms with van der Waals surface area (Å²) in [5.41, 5.74) is 9.73. The van der Waals surface area contributed by atoms with E-state index in [0.29, 0.717) is 23.4 Å². The lowest BCUT2D eigenvalue weighted by atomic mass is 9.76. The van der Waals surface area contributed by atoms with Gasteiger partial charge in [0.1, 0.15) is 11.4 Å². The van der Waals surface area contributed by atoms with E-state index in [9.17, 15) is 18.4 Å². The predicted octanol–water partition coefficient (Wildman–Crippen LogP) is 4.82. The molecule has 218 valence electrons. The molecule has 0 radical (unpaired) electrons. The van der Waals surface area contributed by atoms with Gasteiger partial charge in [-0.15, -0.1) is 0 Å². The molecular formula is C30H31F2N7O3. The number of pyridine rings is 1. The highest BCUT2D eigenvalue weighted by molar-refractivity contribution is 5.92. The second-order valence-corrected chi connectivity index (χ2v) is 11.4. The van der Waals surface area contributed by atoms with E-state index in [-0.39, 0.29) is 36.6 Å². The van der Waals surface area contributed by atoms with E-state index in [4.69, 9.17) is 10.5 Å². The summed E-state index contributed by atoms with van der Waals surface area (Å²) in [6.07, 6.45) is 4.52. The molecule has 4 N–H and O–H groups in total. The molecule has 1 aliphatic heterocycles. The minimum atomic E-state index is -0.999. The molecule has 4 aromatic rings. The van der Waals surface area contributed by atoms with E-state index in [1.165, 1.54) is 6.20 Å². The minimum absolute atomic E-state index is 0.0440. The summed E-state index contributed by atoms with van der Waals surface area (Å²) >= 11 is 0. The number of benzene rings is 1. The number of anilines is 1. The van der Waals surface area contributed by atoms with Crippen molar-refractivity contribution in [1.29, 1.82) is 0 Å². The van der Waals surface area contributed by atoms with Crippen molar-refractivity contribution in [3.05, 3.63) is 77.0 Å². The van der Waals surface area contributed by atoms with Gasteiger partial charge in [0.05, 0.1) is 35.9 Å². The topological polar surface area (TPSA) is 141 Å². The van der Waals surface area contributed by atoms with Crippen LogP contribution in [-0.2, 0) is 4.79 Å². The maximum absolute atomic E-state index is 14.5. The molecule has 4 atom stereocenters. The molecule has 4 unspecified atom stereocenters. The van der Waals surface area contributed by atoms with Gasteiger partial charge in [0, 0.05) is 46.8 Å².